The van der Waals surface area contributed by atoms with E-state index < -0.39 is 0 Å². The highest BCUT2D eigenvalue weighted by Crippen LogP contribution is 2.35. The molecule has 3 N–H and O–H groups in total. The maximum atomic E-state index is 6.85. The van der Waals surface area contributed by atoms with E-state index in [0.717, 1.165) is 10.2 Å². The molecule has 50 valence electrons. The third-order valence-corrected chi connectivity index (χ3v) is 2.11. The van der Waals surface area contributed by atoms with E-state index in [4.69, 9.17) is 11.1 Å². The largest absolute Gasteiger partial charge is 0.401 e. The number of nitrogens with one attached hydrogen (secondary N) is 1. The van der Waals surface area contributed by atoms with Crippen LogP contribution < -0.4 is 5.73 Å². The Morgan fingerprint density at radius 1 is 1.67 bits per heavy atom. The van der Waals surface area contributed by atoms with E-state index in [1.165, 1.54) is 19.1 Å². The van der Waals surface area contributed by atoms with Crippen LogP contribution in [0.5, 0.6) is 0 Å². The number of allylic oxidation sites excluding steroid dienone is 2. The lowest BCUT2D eigenvalue weighted by Gasteiger charge is -1.96. The van der Waals surface area contributed by atoms with Gasteiger partial charge in [-0.15, -0.1) is 0 Å². The molecule has 0 aliphatic heterocycles. The van der Waals surface area contributed by atoms with E-state index in [2.05, 4.69) is 15.9 Å². The van der Waals surface area contributed by atoms with Crippen molar-refractivity contribution in [1.29, 1.82) is 5.41 Å². The number of nitrogens with two attached hydrogens (primary N) is 1. The zero-order valence-corrected chi connectivity index (χ0v) is 6.61. The predicted molar refractivity (Wildman–Crippen MR) is 41.6 cm³/mol. The van der Waals surface area contributed by atoms with E-state index in [-0.39, 0.29) is 0 Å². The number of rotatable bonds is 2. The fraction of sp³-hybridized carbons (Fsp3) is 0.500. The van der Waals surface area contributed by atoms with Crippen LogP contribution in [0.1, 0.15) is 12.8 Å². The molecule has 0 aromatic heterocycles. The molecule has 9 heavy (non-hydrogen) atoms. The van der Waals surface area contributed by atoms with Crippen molar-refractivity contribution in [3.8, 4) is 0 Å². The molecule has 0 heterocycles. The van der Waals surface area contributed by atoms with E-state index in [1.54, 1.807) is 0 Å². The van der Waals surface area contributed by atoms with Crippen molar-refractivity contribution in [2.24, 2.45) is 11.7 Å². The molecule has 0 amide bonds. The second-order valence-corrected chi connectivity index (χ2v) is 3.08. The highest BCUT2D eigenvalue weighted by atomic mass is 79.9. The van der Waals surface area contributed by atoms with Crippen LogP contribution in [0.3, 0.4) is 0 Å². The van der Waals surface area contributed by atoms with Crippen molar-refractivity contribution in [1.82, 2.24) is 0 Å². The first-order valence-corrected chi connectivity index (χ1v) is 3.70. The van der Waals surface area contributed by atoms with Crippen molar-refractivity contribution < 1.29 is 0 Å². The molecule has 0 spiro atoms. The van der Waals surface area contributed by atoms with Crippen LogP contribution >= 0.6 is 15.9 Å². The molecule has 1 rings (SSSR count). The summed E-state index contributed by atoms with van der Waals surface area (Å²) in [6, 6.07) is 0. The van der Waals surface area contributed by atoms with Gasteiger partial charge in [-0.05, 0) is 34.7 Å². The molecule has 1 aliphatic carbocycles. The van der Waals surface area contributed by atoms with Crippen LogP contribution in [0, 0.1) is 11.3 Å². The second kappa shape index (κ2) is 2.52. The van der Waals surface area contributed by atoms with E-state index in [0.29, 0.717) is 5.92 Å². The van der Waals surface area contributed by atoms with Crippen LogP contribution in [0.25, 0.3) is 0 Å². The van der Waals surface area contributed by atoms with Gasteiger partial charge in [-0.3, -0.25) is 0 Å². The zero-order valence-electron chi connectivity index (χ0n) is 5.02. The maximum Gasteiger partial charge on any atom is 0.0541 e. The summed E-state index contributed by atoms with van der Waals surface area (Å²) in [4.78, 5) is 0. The van der Waals surface area contributed by atoms with Gasteiger partial charge >= 0.3 is 0 Å². The molecule has 0 radical (unpaired) electrons. The highest BCUT2D eigenvalue weighted by Gasteiger charge is 2.25. The first-order chi connectivity index (χ1) is 4.25. The summed E-state index contributed by atoms with van der Waals surface area (Å²) in [6.07, 6.45) is 3.62. The van der Waals surface area contributed by atoms with Crippen LogP contribution in [-0.2, 0) is 0 Å². The Bertz CT molecular complexity index is 158. The molecule has 0 bridgehead atoms. The highest BCUT2D eigenvalue weighted by molar-refractivity contribution is 9.12. The molecule has 0 aromatic rings. The summed E-state index contributed by atoms with van der Waals surface area (Å²) < 4.78 is 0.741. The summed E-state index contributed by atoms with van der Waals surface area (Å²) in [5.41, 5.74) is 6.45. The second-order valence-electron chi connectivity index (χ2n) is 2.22. The first-order valence-electron chi connectivity index (χ1n) is 2.91. The fourth-order valence-corrected chi connectivity index (χ4v) is 0.996. The third kappa shape index (κ3) is 1.55. The molecule has 1 saturated carbocycles. The summed E-state index contributed by atoms with van der Waals surface area (Å²) in [5, 5.41) is 6.85. The van der Waals surface area contributed by atoms with Crippen LogP contribution in [0.2, 0.25) is 0 Å². The summed E-state index contributed by atoms with van der Waals surface area (Å²) in [7, 11) is 0. The molecule has 0 atom stereocenters. The number of hydrogen-bond donors (Lipinski definition) is 2. The lowest BCUT2D eigenvalue weighted by molar-refractivity contribution is 0.981. The molecule has 1 fully saturated rings. The predicted octanol–water partition coefficient (Wildman–Crippen LogP) is 1.61. The lowest BCUT2D eigenvalue weighted by Crippen LogP contribution is -2.01. The third-order valence-electron chi connectivity index (χ3n) is 1.42. The van der Waals surface area contributed by atoms with Gasteiger partial charge in [0, 0.05) is 11.9 Å². The quantitative estimate of drug-likeness (QED) is 0.637. The Labute approximate surface area is 62.8 Å². The van der Waals surface area contributed by atoms with Gasteiger partial charge in [-0.1, -0.05) is 0 Å². The average Bonchev–Trinajstić information content (AvgIpc) is 2.66. The van der Waals surface area contributed by atoms with Crippen molar-refractivity contribution in [3.63, 3.8) is 0 Å². The lowest BCUT2D eigenvalue weighted by atomic mass is 10.3. The molecule has 2 nitrogen and oxygen atoms in total. The Morgan fingerprint density at radius 3 is 2.56 bits per heavy atom. The molecule has 0 unspecified atom stereocenters. The normalized spacial score (nSPS) is 21.0. The molecule has 1 aliphatic rings. The Kier molecular flexibility index (Phi) is 1.90. The van der Waals surface area contributed by atoms with E-state index in [9.17, 15) is 0 Å². The van der Waals surface area contributed by atoms with Gasteiger partial charge < -0.3 is 11.1 Å². The molecular formula is C6H9BrN2. The van der Waals surface area contributed by atoms with Crippen molar-refractivity contribution in [3.05, 3.63) is 10.2 Å². The summed E-state index contributed by atoms with van der Waals surface area (Å²) in [5.74, 6) is 0.556. The molecule has 0 aromatic carbocycles. The monoisotopic (exact) mass is 188 g/mol. The summed E-state index contributed by atoms with van der Waals surface area (Å²) in [6.45, 7) is 0. The van der Waals surface area contributed by atoms with Gasteiger partial charge in [0.25, 0.3) is 0 Å². The SMILES string of the molecule is N=CC(Br)=C(N)C1CC1. The minimum Gasteiger partial charge on any atom is -0.401 e. The number of hydrogen-bond acceptors (Lipinski definition) is 2. The van der Waals surface area contributed by atoms with Crippen molar-refractivity contribution >= 4 is 22.1 Å². The van der Waals surface area contributed by atoms with Gasteiger partial charge in [0.2, 0.25) is 0 Å². The van der Waals surface area contributed by atoms with Crippen LogP contribution in [0.15, 0.2) is 10.2 Å². The Hall–Kier alpha value is -0.310. The standard InChI is InChI=1S/C6H9BrN2/c7-5(3-8)6(9)4-1-2-4/h3-4,8H,1-2,9H2. The maximum absolute atomic E-state index is 6.85. The van der Waals surface area contributed by atoms with E-state index >= 15 is 0 Å². The first kappa shape index (κ1) is 6.81. The smallest absolute Gasteiger partial charge is 0.0541 e. The number of halogens is 1. The minimum atomic E-state index is 0.556. The minimum absolute atomic E-state index is 0.556. The molecule has 0 saturated heterocycles. The van der Waals surface area contributed by atoms with Gasteiger partial charge in [0.05, 0.1) is 4.48 Å². The van der Waals surface area contributed by atoms with E-state index in [1.807, 2.05) is 0 Å². The Balaban J connectivity index is 2.64. The zero-order chi connectivity index (χ0) is 6.85. The van der Waals surface area contributed by atoms with Gasteiger partial charge in [0.15, 0.2) is 0 Å². The van der Waals surface area contributed by atoms with Gasteiger partial charge in [0.1, 0.15) is 0 Å². The Morgan fingerprint density at radius 2 is 2.22 bits per heavy atom. The topological polar surface area (TPSA) is 49.9 Å². The van der Waals surface area contributed by atoms with Crippen LogP contribution in [-0.4, -0.2) is 6.21 Å². The average molecular weight is 189 g/mol. The fourth-order valence-electron chi connectivity index (χ4n) is 0.673. The van der Waals surface area contributed by atoms with Gasteiger partial charge in [-0.25, -0.2) is 0 Å². The molecular weight excluding hydrogens is 180 g/mol. The summed E-state index contributed by atoms with van der Waals surface area (Å²) >= 11 is 3.19. The van der Waals surface area contributed by atoms with Crippen LogP contribution in [0.4, 0.5) is 0 Å². The van der Waals surface area contributed by atoms with Crippen molar-refractivity contribution in [2.45, 2.75) is 12.8 Å². The van der Waals surface area contributed by atoms with Crippen molar-refractivity contribution in [2.75, 3.05) is 0 Å². The molecule has 3 heteroatoms. The van der Waals surface area contributed by atoms with Gasteiger partial charge in [-0.2, -0.15) is 0 Å².